The number of unbranched alkanes of at least 4 members (excludes halogenated alkanes) is 2. The minimum absolute atomic E-state index is 0.243. The molecule has 5 rings (SSSR count). The summed E-state index contributed by atoms with van der Waals surface area (Å²) in [5.74, 6) is 0.739. The molecule has 0 spiro atoms. The van der Waals surface area contributed by atoms with Crippen LogP contribution in [0.3, 0.4) is 0 Å². The van der Waals surface area contributed by atoms with Gasteiger partial charge in [0, 0.05) is 22.0 Å². The summed E-state index contributed by atoms with van der Waals surface area (Å²) in [6, 6.07) is 22.0. The second kappa shape index (κ2) is 8.28. The molecule has 3 heterocycles. The van der Waals surface area contributed by atoms with Crippen molar-refractivity contribution in [3.05, 3.63) is 84.8 Å². The number of nitrogens with zero attached hydrogens (tertiary/aromatic N) is 2. The second-order valence-electron chi connectivity index (χ2n) is 7.92. The third-order valence-corrected chi connectivity index (χ3v) is 7.47. The predicted molar refractivity (Wildman–Crippen MR) is 127 cm³/mol. The summed E-state index contributed by atoms with van der Waals surface area (Å²) in [6.07, 6.45) is 5.74. The molecule has 5 aromatic rings. The Labute approximate surface area is 187 Å². The zero-order valence-corrected chi connectivity index (χ0v) is 18.7. The predicted octanol–water partition coefficient (Wildman–Crippen LogP) is 6.42. The normalized spacial score (nSPS) is 12.0. The smallest absolute Gasteiger partial charge is 0.269 e. The van der Waals surface area contributed by atoms with Crippen molar-refractivity contribution in [1.82, 2.24) is 8.96 Å². The molecule has 2 aromatic carbocycles. The lowest BCUT2D eigenvalue weighted by Gasteiger charge is -2.09. The van der Waals surface area contributed by atoms with Crippen LogP contribution in [0, 0.1) is 0 Å². The van der Waals surface area contributed by atoms with Gasteiger partial charge in [-0.25, -0.2) is 17.4 Å². The maximum absolute atomic E-state index is 13.7. The van der Waals surface area contributed by atoms with E-state index in [0.717, 1.165) is 53.5 Å². The van der Waals surface area contributed by atoms with Gasteiger partial charge in [0.25, 0.3) is 10.0 Å². The molecule has 0 fully saturated rings. The molecule has 0 N–H and O–H groups in total. The molecule has 162 valence electrons. The van der Waals surface area contributed by atoms with Crippen LogP contribution in [-0.4, -0.2) is 17.4 Å². The fourth-order valence-electron chi connectivity index (χ4n) is 4.13. The van der Waals surface area contributed by atoms with Crippen LogP contribution in [0.15, 0.2) is 88.4 Å². The Kier molecular flexibility index (Phi) is 5.31. The standard InChI is InChI=1S/C26H24N2O3S/c1-2-3-5-9-20-14-15-22-23-18-19(25-12-8-17-31-25)13-16-24(23)28(26(22)27-20)32(29,30)21-10-6-4-7-11-21/h4,6-8,10-18H,2-3,5,9H2,1H3. The zero-order chi connectivity index (χ0) is 22.1. The third kappa shape index (κ3) is 3.50. The van der Waals surface area contributed by atoms with E-state index in [4.69, 9.17) is 9.40 Å². The molecule has 0 saturated carbocycles. The van der Waals surface area contributed by atoms with E-state index in [0.29, 0.717) is 11.2 Å². The summed E-state index contributed by atoms with van der Waals surface area (Å²) in [5.41, 5.74) is 2.88. The SMILES string of the molecule is CCCCCc1ccc2c3cc(-c4ccco4)ccc3n(S(=O)(=O)c3ccccc3)c2n1. The van der Waals surface area contributed by atoms with Crippen molar-refractivity contribution in [2.75, 3.05) is 0 Å². The first-order chi connectivity index (χ1) is 15.6. The van der Waals surface area contributed by atoms with Crippen LogP contribution < -0.4 is 0 Å². The van der Waals surface area contributed by atoms with E-state index in [-0.39, 0.29) is 4.90 Å². The van der Waals surface area contributed by atoms with E-state index in [1.807, 2.05) is 48.5 Å². The molecule has 0 amide bonds. The van der Waals surface area contributed by atoms with Gasteiger partial charge in [0.15, 0.2) is 5.65 Å². The molecule has 0 unspecified atom stereocenters. The lowest BCUT2D eigenvalue weighted by molar-refractivity contribution is 0.582. The Morgan fingerprint density at radius 1 is 0.906 bits per heavy atom. The van der Waals surface area contributed by atoms with E-state index in [9.17, 15) is 8.42 Å². The molecule has 0 atom stereocenters. The largest absolute Gasteiger partial charge is 0.464 e. The highest BCUT2D eigenvalue weighted by Gasteiger charge is 2.24. The third-order valence-electron chi connectivity index (χ3n) is 5.75. The zero-order valence-electron chi connectivity index (χ0n) is 17.9. The van der Waals surface area contributed by atoms with Crippen molar-refractivity contribution >= 4 is 32.0 Å². The number of aryl methyl sites for hydroxylation is 1. The van der Waals surface area contributed by atoms with Crippen molar-refractivity contribution in [3.63, 3.8) is 0 Å². The van der Waals surface area contributed by atoms with Crippen molar-refractivity contribution in [2.24, 2.45) is 0 Å². The highest BCUT2D eigenvalue weighted by Crippen LogP contribution is 2.35. The molecular weight excluding hydrogens is 420 g/mol. The number of benzene rings is 2. The fraction of sp³-hybridized carbons (Fsp3) is 0.192. The lowest BCUT2D eigenvalue weighted by atomic mass is 10.1. The van der Waals surface area contributed by atoms with Gasteiger partial charge in [0.2, 0.25) is 0 Å². The molecule has 0 radical (unpaired) electrons. The van der Waals surface area contributed by atoms with Gasteiger partial charge in [-0.3, -0.25) is 0 Å². The van der Waals surface area contributed by atoms with E-state index >= 15 is 0 Å². The van der Waals surface area contributed by atoms with Crippen molar-refractivity contribution < 1.29 is 12.8 Å². The average Bonchev–Trinajstić information content (AvgIpc) is 3.46. The molecular formula is C26H24N2O3S. The monoisotopic (exact) mass is 444 g/mol. The second-order valence-corrected chi connectivity index (χ2v) is 9.71. The molecule has 5 nitrogen and oxygen atoms in total. The summed E-state index contributed by atoms with van der Waals surface area (Å²) >= 11 is 0. The number of fused-ring (bicyclic) bond motifs is 3. The molecule has 0 aliphatic carbocycles. The summed E-state index contributed by atoms with van der Waals surface area (Å²) in [6.45, 7) is 2.16. The van der Waals surface area contributed by atoms with Gasteiger partial charge in [-0.05, 0) is 67.4 Å². The van der Waals surface area contributed by atoms with Gasteiger partial charge in [-0.1, -0.05) is 38.0 Å². The molecule has 32 heavy (non-hydrogen) atoms. The molecule has 0 aliphatic rings. The van der Waals surface area contributed by atoms with Gasteiger partial charge >= 0.3 is 0 Å². The quantitative estimate of drug-likeness (QED) is 0.272. The van der Waals surface area contributed by atoms with E-state index in [1.165, 1.54) is 3.97 Å². The minimum atomic E-state index is -3.83. The minimum Gasteiger partial charge on any atom is -0.464 e. The van der Waals surface area contributed by atoms with E-state index in [1.54, 1.807) is 30.5 Å². The Hall–Kier alpha value is -3.38. The fourth-order valence-corrected chi connectivity index (χ4v) is 5.63. The Morgan fingerprint density at radius 3 is 2.50 bits per heavy atom. The van der Waals surface area contributed by atoms with Crippen LogP contribution in [0.4, 0.5) is 0 Å². The molecule has 6 heteroatoms. The van der Waals surface area contributed by atoms with Crippen LogP contribution in [0.25, 0.3) is 33.3 Å². The van der Waals surface area contributed by atoms with Crippen molar-refractivity contribution in [1.29, 1.82) is 0 Å². The van der Waals surface area contributed by atoms with Gasteiger partial charge in [-0.15, -0.1) is 0 Å². The van der Waals surface area contributed by atoms with Crippen LogP contribution in [-0.2, 0) is 16.4 Å². The maximum atomic E-state index is 13.7. The number of hydrogen-bond donors (Lipinski definition) is 0. The van der Waals surface area contributed by atoms with Crippen LogP contribution in [0.5, 0.6) is 0 Å². The van der Waals surface area contributed by atoms with Crippen molar-refractivity contribution in [2.45, 2.75) is 37.5 Å². The average molecular weight is 445 g/mol. The van der Waals surface area contributed by atoms with E-state index in [2.05, 4.69) is 6.92 Å². The number of rotatable bonds is 7. The summed E-state index contributed by atoms with van der Waals surface area (Å²) in [7, 11) is -3.83. The molecule has 0 saturated heterocycles. The highest BCUT2D eigenvalue weighted by atomic mass is 32.2. The van der Waals surface area contributed by atoms with Crippen LogP contribution >= 0.6 is 0 Å². The van der Waals surface area contributed by atoms with Crippen LogP contribution in [0.1, 0.15) is 31.9 Å². The first-order valence-electron chi connectivity index (χ1n) is 10.9. The summed E-state index contributed by atoms with van der Waals surface area (Å²) < 4.78 is 34.4. The number of hydrogen-bond acceptors (Lipinski definition) is 4. The van der Waals surface area contributed by atoms with Gasteiger partial charge in [0.05, 0.1) is 16.7 Å². The van der Waals surface area contributed by atoms with Crippen molar-refractivity contribution in [3.8, 4) is 11.3 Å². The summed E-state index contributed by atoms with van der Waals surface area (Å²) in [4.78, 5) is 5.07. The van der Waals surface area contributed by atoms with Gasteiger partial charge in [-0.2, -0.15) is 0 Å². The topological polar surface area (TPSA) is 65.1 Å². The lowest BCUT2D eigenvalue weighted by Crippen LogP contribution is -2.13. The number of pyridine rings is 1. The Balaban J connectivity index is 1.77. The summed E-state index contributed by atoms with van der Waals surface area (Å²) in [5, 5.41) is 1.65. The van der Waals surface area contributed by atoms with Gasteiger partial charge < -0.3 is 4.42 Å². The first-order valence-corrected chi connectivity index (χ1v) is 12.3. The van der Waals surface area contributed by atoms with Crippen LogP contribution in [0.2, 0.25) is 0 Å². The highest BCUT2D eigenvalue weighted by molar-refractivity contribution is 7.90. The molecule has 3 aromatic heterocycles. The number of furan rings is 1. The van der Waals surface area contributed by atoms with E-state index < -0.39 is 10.0 Å². The molecule has 0 bridgehead atoms. The maximum Gasteiger partial charge on any atom is 0.269 e. The first kappa shape index (κ1) is 20.5. The van der Waals surface area contributed by atoms with Gasteiger partial charge in [0.1, 0.15) is 5.76 Å². The Morgan fingerprint density at radius 2 is 1.75 bits per heavy atom. The Bertz CT molecular complexity index is 1480. The number of aromatic nitrogens is 2. The molecule has 0 aliphatic heterocycles.